The van der Waals surface area contributed by atoms with Crippen LogP contribution < -0.4 is 16.0 Å². The molecule has 1 saturated heterocycles. The number of aliphatic imine (C=N–C) groups is 1. The second kappa shape index (κ2) is 22.2. The average Bonchev–Trinajstić information content (AvgIpc) is 3.04. The molecular weight excluding hydrogens is 599 g/mol. The Kier molecular flexibility index (Phi) is 18.8. The van der Waals surface area contributed by atoms with E-state index in [0.29, 0.717) is 23.2 Å². The predicted octanol–water partition coefficient (Wildman–Crippen LogP) is 7.68. The monoisotopic (exact) mass is 663 g/mol. The molecule has 1 atom stereocenters. The smallest absolute Gasteiger partial charge is 0.254 e. The normalized spacial score (nSPS) is 17.7. The summed E-state index contributed by atoms with van der Waals surface area (Å²) in [7, 11) is 3.90. The number of piperazine rings is 1. The van der Waals surface area contributed by atoms with Gasteiger partial charge in [-0.25, -0.2) is 4.39 Å². The number of allylic oxidation sites excluding steroid dienone is 6. The molecule has 1 heterocycles. The zero-order valence-corrected chi connectivity index (χ0v) is 30.9. The van der Waals surface area contributed by atoms with E-state index in [-0.39, 0.29) is 5.91 Å². The quantitative estimate of drug-likeness (QED) is 0.0733. The summed E-state index contributed by atoms with van der Waals surface area (Å²) in [6.07, 6.45) is 11.0. The Balaban J connectivity index is 0.000000482. The van der Waals surface area contributed by atoms with Crippen molar-refractivity contribution in [3.8, 4) is 0 Å². The number of carbonyl (C=O) groups is 1. The van der Waals surface area contributed by atoms with E-state index in [1.54, 1.807) is 7.05 Å². The molecule has 0 aromatic heterocycles. The minimum absolute atomic E-state index is 0.0505. The highest BCUT2D eigenvalue weighted by Gasteiger charge is 2.27. The lowest BCUT2D eigenvalue weighted by atomic mass is 9.78. The van der Waals surface area contributed by atoms with Crippen molar-refractivity contribution in [3.63, 3.8) is 0 Å². The van der Waals surface area contributed by atoms with E-state index in [9.17, 15) is 9.18 Å². The molecule has 3 rings (SSSR count). The zero-order chi connectivity index (χ0) is 35.5. The summed E-state index contributed by atoms with van der Waals surface area (Å²) in [6.45, 7) is 24.2. The Labute approximate surface area is 291 Å². The maximum absolute atomic E-state index is 13.0. The number of amides is 1. The molecule has 1 amide bonds. The zero-order valence-electron chi connectivity index (χ0n) is 30.9. The van der Waals surface area contributed by atoms with E-state index in [1.165, 1.54) is 18.1 Å². The predicted molar refractivity (Wildman–Crippen MR) is 204 cm³/mol. The molecule has 1 aromatic rings. The molecule has 0 radical (unpaired) electrons. The molecule has 2 fully saturated rings. The third-order valence-corrected chi connectivity index (χ3v) is 9.00. The minimum Gasteiger partial charge on any atom is -0.385 e. The first kappa shape index (κ1) is 40.7. The SMILES string of the molecule is C=C/C(CF)=C(/C=C\C(=C)C)NCC.CCCC(C)CN=C(Nc1ccc(CN2CCN(C)CC2)cc1)/C(C(=O)NC)=C(\C)C1CCC1. The number of likely N-dealkylation sites (N-methyl/N-ethyl adjacent to an activating group) is 3. The summed E-state index contributed by atoms with van der Waals surface area (Å²) in [5.74, 6) is 1.63. The number of alkyl halides is 1. The van der Waals surface area contributed by atoms with Crippen molar-refractivity contribution in [2.75, 3.05) is 65.4 Å². The summed E-state index contributed by atoms with van der Waals surface area (Å²) in [6, 6.07) is 8.63. The summed E-state index contributed by atoms with van der Waals surface area (Å²) < 4.78 is 12.5. The fourth-order valence-corrected chi connectivity index (χ4v) is 5.68. The van der Waals surface area contributed by atoms with Gasteiger partial charge in [0.15, 0.2) is 0 Å². The number of anilines is 1. The fourth-order valence-electron chi connectivity index (χ4n) is 5.68. The van der Waals surface area contributed by atoms with Gasteiger partial charge in [-0.1, -0.05) is 75.3 Å². The Morgan fingerprint density at radius 1 is 1.10 bits per heavy atom. The van der Waals surface area contributed by atoms with Gasteiger partial charge in [0, 0.05) is 69.8 Å². The molecule has 1 saturated carbocycles. The molecule has 48 heavy (non-hydrogen) atoms. The molecule has 0 bridgehead atoms. The number of hydrogen-bond acceptors (Lipinski definition) is 5. The van der Waals surface area contributed by atoms with Crippen LogP contribution in [0.5, 0.6) is 0 Å². The van der Waals surface area contributed by atoms with Gasteiger partial charge in [-0.05, 0) is 82.7 Å². The Morgan fingerprint density at radius 2 is 1.77 bits per heavy atom. The van der Waals surface area contributed by atoms with Gasteiger partial charge < -0.3 is 20.9 Å². The van der Waals surface area contributed by atoms with Crippen LogP contribution >= 0.6 is 0 Å². The topological polar surface area (TPSA) is 72.0 Å². The van der Waals surface area contributed by atoms with Gasteiger partial charge in [-0.2, -0.15) is 0 Å². The molecule has 3 N–H and O–H groups in total. The minimum atomic E-state index is -0.508. The third-order valence-electron chi connectivity index (χ3n) is 9.00. The first-order valence-electron chi connectivity index (χ1n) is 17.8. The maximum atomic E-state index is 13.0. The van der Waals surface area contributed by atoms with Gasteiger partial charge in [0.1, 0.15) is 12.5 Å². The highest BCUT2D eigenvalue weighted by atomic mass is 19.1. The van der Waals surface area contributed by atoms with Crippen molar-refractivity contribution in [2.24, 2.45) is 16.8 Å². The number of nitrogens with one attached hydrogen (secondary N) is 3. The van der Waals surface area contributed by atoms with Crippen LogP contribution in [0, 0.1) is 11.8 Å². The first-order valence-corrected chi connectivity index (χ1v) is 17.8. The van der Waals surface area contributed by atoms with Gasteiger partial charge in [0.05, 0.1) is 5.57 Å². The lowest BCUT2D eigenvalue weighted by Gasteiger charge is -2.32. The van der Waals surface area contributed by atoms with Gasteiger partial charge >= 0.3 is 0 Å². The Morgan fingerprint density at radius 3 is 2.27 bits per heavy atom. The van der Waals surface area contributed by atoms with Crippen molar-refractivity contribution in [3.05, 3.63) is 89.2 Å². The number of amidine groups is 1. The first-order chi connectivity index (χ1) is 23.1. The van der Waals surface area contributed by atoms with Crippen molar-refractivity contribution in [2.45, 2.75) is 73.3 Å². The van der Waals surface area contributed by atoms with E-state index in [2.05, 4.69) is 91.0 Å². The third kappa shape index (κ3) is 13.9. The van der Waals surface area contributed by atoms with E-state index >= 15 is 0 Å². The van der Waals surface area contributed by atoms with Gasteiger partial charge in [0.2, 0.25) is 0 Å². The highest BCUT2D eigenvalue weighted by molar-refractivity contribution is 6.25. The highest BCUT2D eigenvalue weighted by Crippen LogP contribution is 2.35. The largest absolute Gasteiger partial charge is 0.385 e. The van der Waals surface area contributed by atoms with E-state index in [4.69, 9.17) is 4.99 Å². The Hall–Kier alpha value is -3.49. The van der Waals surface area contributed by atoms with Crippen molar-refractivity contribution in [1.29, 1.82) is 0 Å². The molecule has 1 aromatic carbocycles. The molecule has 266 valence electrons. The number of carbonyl (C=O) groups excluding carboxylic acids is 1. The molecule has 1 aliphatic heterocycles. The summed E-state index contributed by atoms with van der Waals surface area (Å²) in [5, 5.41) is 9.46. The van der Waals surface area contributed by atoms with Crippen LogP contribution in [0.4, 0.5) is 10.1 Å². The second-order valence-corrected chi connectivity index (χ2v) is 13.2. The molecule has 0 spiro atoms. The number of halogens is 1. The van der Waals surface area contributed by atoms with E-state index in [0.717, 1.165) is 99.6 Å². The van der Waals surface area contributed by atoms with Crippen LogP contribution in [0.15, 0.2) is 88.6 Å². The summed E-state index contributed by atoms with van der Waals surface area (Å²) in [4.78, 5) is 22.9. The van der Waals surface area contributed by atoms with Crippen LogP contribution in [0.1, 0.15) is 72.3 Å². The van der Waals surface area contributed by atoms with Crippen molar-refractivity contribution >= 4 is 17.4 Å². The van der Waals surface area contributed by atoms with Crippen LogP contribution in [0.3, 0.4) is 0 Å². The number of benzene rings is 1. The number of rotatable bonds is 16. The average molecular weight is 663 g/mol. The molecule has 8 heteroatoms. The molecule has 2 aliphatic rings. The van der Waals surface area contributed by atoms with E-state index < -0.39 is 6.67 Å². The summed E-state index contributed by atoms with van der Waals surface area (Å²) in [5.41, 5.74) is 6.45. The van der Waals surface area contributed by atoms with Crippen LogP contribution in [0.25, 0.3) is 0 Å². The lowest BCUT2D eigenvalue weighted by Crippen LogP contribution is -2.43. The van der Waals surface area contributed by atoms with Gasteiger partial charge in [-0.3, -0.25) is 14.7 Å². The summed E-state index contributed by atoms with van der Waals surface area (Å²) >= 11 is 0. The van der Waals surface area contributed by atoms with Crippen LogP contribution in [-0.4, -0.2) is 81.6 Å². The van der Waals surface area contributed by atoms with Gasteiger partial charge in [0.25, 0.3) is 5.91 Å². The maximum Gasteiger partial charge on any atom is 0.254 e. The Bertz CT molecular complexity index is 1280. The van der Waals surface area contributed by atoms with Crippen molar-refractivity contribution in [1.82, 2.24) is 20.4 Å². The lowest BCUT2D eigenvalue weighted by molar-refractivity contribution is -0.116. The standard InChI is InChI=1S/C28H45N5O.C12H18FN/c1-6-8-21(2)19-30-27(26(28(34)29-4)22(3)24-9-7-10-24)31-25-13-11-23(12-14-25)20-33-17-15-32(5)16-18-33;1-5-11(9-13)12(14-6-2)8-7-10(3)4/h11-14,21,24H,6-10,15-20H2,1-5H3,(H,29,34)(H,30,31);5,7-8,14H,1,3,6,9H2,2,4H3/b26-22-;8-7-,12-11+. The number of nitrogens with zero attached hydrogens (tertiary/aromatic N) is 3. The fraction of sp³-hybridized carbons (Fsp3) is 0.550. The van der Waals surface area contributed by atoms with Crippen LogP contribution in [-0.2, 0) is 11.3 Å². The molecular formula is C40H63FN6O. The van der Waals surface area contributed by atoms with E-state index in [1.807, 2.05) is 26.0 Å². The second-order valence-electron chi connectivity index (χ2n) is 13.2. The van der Waals surface area contributed by atoms with Crippen molar-refractivity contribution < 1.29 is 9.18 Å². The number of hydrogen-bond donors (Lipinski definition) is 3. The molecule has 1 unspecified atom stereocenters. The van der Waals surface area contributed by atoms with Gasteiger partial charge in [-0.15, -0.1) is 0 Å². The van der Waals surface area contributed by atoms with Crippen LogP contribution in [0.2, 0.25) is 0 Å². The molecule has 1 aliphatic carbocycles. The molecule has 7 nitrogen and oxygen atoms in total.